The minimum Gasteiger partial charge on any atom is -0.449 e. The Morgan fingerprint density at radius 2 is 1.72 bits per heavy atom. The van der Waals surface area contributed by atoms with Crippen molar-refractivity contribution >= 4 is 11.8 Å². The third kappa shape index (κ3) is 4.29. The van der Waals surface area contributed by atoms with Gasteiger partial charge in [0.2, 0.25) is 0 Å². The Morgan fingerprint density at radius 1 is 1.04 bits per heavy atom. The molecule has 1 saturated heterocycles. The molecule has 5 heteroatoms. The SMILES string of the molecule is Cc1ccccc1N1CCN(C(=O)OCCc2ccccc2F)CC1. The zero-order valence-corrected chi connectivity index (χ0v) is 14.5. The van der Waals surface area contributed by atoms with Crippen LogP contribution in [0.5, 0.6) is 0 Å². The predicted octanol–water partition coefficient (Wildman–Crippen LogP) is 3.64. The van der Waals surface area contributed by atoms with E-state index in [-0.39, 0.29) is 18.5 Å². The first kappa shape index (κ1) is 17.3. The smallest absolute Gasteiger partial charge is 0.409 e. The molecule has 0 N–H and O–H groups in total. The Morgan fingerprint density at radius 3 is 2.44 bits per heavy atom. The van der Waals surface area contributed by atoms with Crippen LogP contribution in [0.15, 0.2) is 48.5 Å². The van der Waals surface area contributed by atoms with E-state index < -0.39 is 0 Å². The standard InChI is InChI=1S/C20H23FN2O2/c1-16-6-2-5-9-19(16)22-11-13-23(14-12-22)20(24)25-15-10-17-7-3-4-8-18(17)21/h2-9H,10-15H2,1H3. The topological polar surface area (TPSA) is 32.8 Å². The summed E-state index contributed by atoms with van der Waals surface area (Å²) >= 11 is 0. The van der Waals surface area contributed by atoms with Crippen LogP contribution in [-0.2, 0) is 11.2 Å². The third-order valence-corrected chi connectivity index (χ3v) is 4.55. The molecule has 0 radical (unpaired) electrons. The monoisotopic (exact) mass is 342 g/mol. The first-order chi connectivity index (χ1) is 12.1. The van der Waals surface area contributed by atoms with Crippen molar-refractivity contribution in [2.75, 3.05) is 37.7 Å². The van der Waals surface area contributed by atoms with Crippen molar-refractivity contribution in [2.45, 2.75) is 13.3 Å². The summed E-state index contributed by atoms with van der Waals surface area (Å²) in [5, 5.41) is 0. The lowest BCUT2D eigenvalue weighted by Gasteiger charge is -2.36. The van der Waals surface area contributed by atoms with Crippen LogP contribution in [0.25, 0.3) is 0 Å². The van der Waals surface area contributed by atoms with Gasteiger partial charge < -0.3 is 14.5 Å². The molecule has 0 saturated carbocycles. The van der Waals surface area contributed by atoms with Crippen LogP contribution in [0.3, 0.4) is 0 Å². The third-order valence-electron chi connectivity index (χ3n) is 4.55. The molecular weight excluding hydrogens is 319 g/mol. The minimum atomic E-state index is -0.319. The highest BCUT2D eigenvalue weighted by Gasteiger charge is 2.22. The number of para-hydroxylation sites is 1. The molecule has 0 bridgehead atoms. The molecule has 0 aliphatic carbocycles. The molecule has 1 heterocycles. The molecule has 2 aromatic carbocycles. The van der Waals surface area contributed by atoms with Gasteiger partial charge in [0.1, 0.15) is 5.82 Å². The van der Waals surface area contributed by atoms with E-state index in [9.17, 15) is 9.18 Å². The van der Waals surface area contributed by atoms with Gasteiger partial charge in [-0.05, 0) is 30.2 Å². The quantitative estimate of drug-likeness (QED) is 0.850. The van der Waals surface area contributed by atoms with Crippen molar-refractivity contribution in [1.82, 2.24) is 4.90 Å². The first-order valence-electron chi connectivity index (χ1n) is 8.61. The van der Waals surface area contributed by atoms with Crippen LogP contribution in [0.2, 0.25) is 0 Å². The molecule has 132 valence electrons. The zero-order valence-electron chi connectivity index (χ0n) is 14.5. The molecule has 3 rings (SSSR count). The molecule has 0 aromatic heterocycles. The molecule has 25 heavy (non-hydrogen) atoms. The molecule has 1 amide bonds. The van der Waals surface area contributed by atoms with Crippen LogP contribution in [-0.4, -0.2) is 43.8 Å². The van der Waals surface area contributed by atoms with Gasteiger partial charge in [0.05, 0.1) is 6.61 Å². The summed E-state index contributed by atoms with van der Waals surface area (Å²) in [6.07, 6.45) is 0.0717. The number of rotatable bonds is 4. The van der Waals surface area contributed by atoms with Crippen LogP contribution >= 0.6 is 0 Å². The Hall–Kier alpha value is -2.56. The van der Waals surface area contributed by atoms with Crippen molar-refractivity contribution < 1.29 is 13.9 Å². The van der Waals surface area contributed by atoms with Gasteiger partial charge in [-0.1, -0.05) is 36.4 Å². The lowest BCUT2D eigenvalue weighted by atomic mass is 10.1. The Bertz CT molecular complexity index is 727. The average molecular weight is 342 g/mol. The van der Waals surface area contributed by atoms with E-state index in [1.54, 1.807) is 23.1 Å². The lowest BCUT2D eigenvalue weighted by molar-refractivity contribution is 0.101. The van der Waals surface area contributed by atoms with Crippen molar-refractivity contribution in [3.05, 3.63) is 65.5 Å². The Labute approximate surface area is 147 Å². The highest BCUT2D eigenvalue weighted by Crippen LogP contribution is 2.21. The maximum Gasteiger partial charge on any atom is 0.409 e. The number of hydrogen-bond acceptors (Lipinski definition) is 3. The molecule has 4 nitrogen and oxygen atoms in total. The van der Waals surface area contributed by atoms with E-state index in [0.29, 0.717) is 25.1 Å². The van der Waals surface area contributed by atoms with Crippen LogP contribution in [0.1, 0.15) is 11.1 Å². The van der Waals surface area contributed by atoms with Gasteiger partial charge in [0.25, 0.3) is 0 Å². The van der Waals surface area contributed by atoms with Gasteiger partial charge >= 0.3 is 6.09 Å². The number of carbonyl (C=O) groups excluding carboxylic acids is 1. The van der Waals surface area contributed by atoms with Crippen LogP contribution in [0, 0.1) is 12.7 Å². The molecule has 2 aromatic rings. The van der Waals surface area contributed by atoms with Crippen LogP contribution in [0.4, 0.5) is 14.9 Å². The Balaban J connectivity index is 1.46. The zero-order chi connectivity index (χ0) is 17.6. The average Bonchev–Trinajstić information content (AvgIpc) is 2.64. The molecule has 0 spiro atoms. The molecular formula is C20H23FN2O2. The summed E-state index contributed by atoms with van der Waals surface area (Å²) in [5.74, 6) is -0.259. The number of amides is 1. The summed E-state index contributed by atoms with van der Waals surface area (Å²) in [6, 6.07) is 14.8. The normalized spacial score (nSPS) is 14.5. The van der Waals surface area contributed by atoms with Crippen molar-refractivity contribution in [1.29, 1.82) is 0 Å². The summed E-state index contributed by atoms with van der Waals surface area (Å²) in [6.45, 7) is 5.12. The number of nitrogens with zero attached hydrogens (tertiary/aromatic N) is 2. The molecule has 0 atom stereocenters. The van der Waals surface area contributed by atoms with Crippen LogP contribution < -0.4 is 4.90 Å². The lowest BCUT2D eigenvalue weighted by Crippen LogP contribution is -2.49. The number of aryl methyl sites for hydroxylation is 1. The summed E-state index contributed by atoms with van der Waals surface area (Å²) in [4.78, 5) is 16.2. The van der Waals surface area contributed by atoms with Gasteiger partial charge in [-0.3, -0.25) is 0 Å². The molecule has 0 unspecified atom stereocenters. The van der Waals surface area contributed by atoms with Crippen molar-refractivity contribution in [3.8, 4) is 0 Å². The summed E-state index contributed by atoms with van der Waals surface area (Å²) < 4.78 is 18.9. The predicted molar refractivity (Wildman–Crippen MR) is 96.4 cm³/mol. The van der Waals surface area contributed by atoms with Gasteiger partial charge in [-0.15, -0.1) is 0 Å². The second-order valence-electron chi connectivity index (χ2n) is 6.22. The molecule has 1 aliphatic rings. The number of benzene rings is 2. The fraction of sp³-hybridized carbons (Fsp3) is 0.350. The molecule has 1 fully saturated rings. The minimum absolute atomic E-state index is 0.192. The summed E-state index contributed by atoms with van der Waals surface area (Å²) in [7, 11) is 0. The van der Waals surface area contributed by atoms with Gasteiger partial charge in [0, 0.05) is 38.3 Å². The number of ether oxygens (including phenoxy) is 1. The van der Waals surface area contributed by atoms with Gasteiger partial charge in [0.15, 0.2) is 0 Å². The van der Waals surface area contributed by atoms with E-state index in [0.717, 1.165) is 13.1 Å². The van der Waals surface area contributed by atoms with E-state index in [2.05, 4.69) is 24.0 Å². The maximum atomic E-state index is 13.5. The highest BCUT2D eigenvalue weighted by molar-refractivity contribution is 5.68. The van der Waals surface area contributed by atoms with Gasteiger partial charge in [-0.25, -0.2) is 9.18 Å². The first-order valence-corrected chi connectivity index (χ1v) is 8.61. The Kier molecular flexibility index (Phi) is 5.53. The number of anilines is 1. The van der Waals surface area contributed by atoms with E-state index in [1.807, 2.05) is 12.1 Å². The molecule has 1 aliphatic heterocycles. The number of hydrogen-bond donors (Lipinski definition) is 0. The number of piperazine rings is 1. The van der Waals surface area contributed by atoms with Crippen molar-refractivity contribution in [2.24, 2.45) is 0 Å². The number of carbonyl (C=O) groups is 1. The highest BCUT2D eigenvalue weighted by atomic mass is 19.1. The van der Waals surface area contributed by atoms with E-state index in [1.165, 1.54) is 17.3 Å². The fourth-order valence-corrected chi connectivity index (χ4v) is 3.09. The largest absolute Gasteiger partial charge is 0.449 e. The number of halogens is 1. The maximum absolute atomic E-state index is 13.5. The second-order valence-corrected chi connectivity index (χ2v) is 6.22. The van der Waals surface area contributed by atoms with E-state index in [4.69, 9.17) is 4.74 Å². The van der Waals surface area contributed by atoms with Gasteiger partial charge in [-0.2, -0.15) is 0 Å². The van der Waals surface area contributed by atoms with Crippen molar-refractivity contribution in [3.63, 3.8) is 0 Å². The fourth-order valence-electron chi connectivity index (χ4n) is 3.09. The van der Waals surface area contributed by atoms with E-state index >= 15 is 0 Å². The second kappa shape index (κ2) is 8.01. The summed E-state index contributed by atoms with van der Waals surface area (Å²) in [5.41, 5.74) is 3.03.